The minimum Gasteiger partial charge on any atom is -0.477 e. The molecule has 0 unspecified atom stereocenters. The third kappa shape index (κ3) is 7.62. The Labute approximate surface area is 252 Å². The van der Waals surface area contributed by atoms with Gasteiger partial charge in [-0.05, 0) is 94.8 Å². The number of carbonyl (C=O) groups excluding carboxylic acids is 1. The molecule has 0 saturated carbocycles. The van der Waals surface area contributed by atoms with Crippen LogP contribution in [-0.4, -0.2) is 84.3 Å². The second-order valence-electron chi connectivity index (χ2n) is 12.6. The molecule has 4 heterocycles. The minimum absolute atomic E-state index is 0.0576. The third-order valence-electron chi connectivity index (χ3n) is 8.66. The van der Waals surface area contributed by atoms with Crippen molar-refractivity contribution < 1.29 is 28.2 Å². The smallest absolute Gasteiger partial charge is 0.377 e. The lowest BCUT2D eigenvalue weighted by molar-refractivity contribution is -0.170. The Bertz CT molecular complexity index is 1310. The van der Waals surface area contributed by atoms with Crippen molar-refractivity contribution in [3.8, 4) is 0 Å². The summed E-state index contributed by atoms with van der Waals surface area (Å²) in [6.07, 6.45) is 5.17. The zero-order chi connectivity index (χ0) is 30.6. The van der Waals surface area contributed by atoms with Crippen LogP contribution in [0, 0.1) is 5.92 Å². The summed E-state index contributed by atoms with van der Waals surface area (Å²) >= 11 is 0. The van der Waals surface area contributed by atoms with Crippen molar-refractivity contribution in [3.63, 3.8) is 0 Å². The molecule has 2 fully saturated rings. The monoisotopic (exact) mass is 599 g/mol. The van der Waals surface area contributed by atoms with Crippen LogP contribution in [-0.2, 0) is 27.2 Å². The SMILES string of the molecule is CC1(C)CN(c2cccc([C@@H](NC(=O)[C@@H]3CCCN(CCCc4ccc5c(n4)NCCC5)C3)C(F)(F)C(=O)O)c2)CCO1. The summed E-state index contributed by atoms with van der Waals surface area (Å²) in [5.74, 6) is -6.53. The van der Waals surface area contributed by atoms with Gasteiger partial charge >= 0.3 is 11.9 Å². The number of nitrogens with zero attached hydrogens (tertiary/aromatic N) is 3. The molecule has 2 saturated heterocycles. The highest BCUT2D eigenvalue weighted by Gasteiger charge is 2.50. The molecule has 1 aromatic heterocycles. The van der Waals surface area contributed by atoms with Gasteiger partial charge in [0.2, 0.25) is 5.91 Å². The Hall–Kier alpha value is -3.31. The molecule has 1 aromatic carbocycles. The van der Waals surface area contributed by atoms with E-state index in [-0.39, 0.29) is 5.56 Å². The van der Waals surface area contributed by atoms with Gasteiger partial charge in [0.1, 0.15) is 11.9 Å². The summed E-state index contributed by atoms with van der Waals surface area (Å²) < 4.78 is 36.1. The van der Waals surface area contributed by atoms with Crippen molar-refractivity contribution in [1.82, 2.24) is 15.2 Å². The molecule has 0 spiro atoms. The number of alkyl halides is 2. The van der Waals surface area contributed by atoms with Gasteiger partial charge in [-0.1, -0.05) is 18.2 Å². The Morgan fingerprint density at radius 2 is 2.07 bits per heavy atom. The quantitative estimate of drug-likeness (QED) is 0.372. The number of anilines is 2. The van der Waals surface area contributed by atoms with E-state index < -0.39 is 35.4 Å². The van der Waals surface area contributed by atoms with Gasteiger partial charge in [-0.2, -0.15) is 8.78 Å². The van der Waals surface area contributed by atoms with E-state index in [1.165, 1.54) is 11.6 Å². The number of rotatable bonds is 10. The zero-order valence-corrected chi connectivity index (χ0v) is 25.1. The Morgan fingerprint density at radius 3 is 2.86 bits per heavy atom. The normalized spacial score (nSPS) is 21.4. The number of hydrogen-bond donors (Lipinski definition) is 3. The molecule has 0 radical (unpaired) electrons. The lowest BCUT2D eigenvalue weighted by Crippen LogP contribution is -2.50. The predicted molar refractivity (Wildman–Crippen MR) is 161 cm³/mol. The largest absolute Gasteiger partial charge is 0.477 e. The number of carboxylic acids is 1. The summed E-state index contributed by atoms with van der Waals surface area (Å²) in [6.45, 7) is 8.52. The van der Waals surface area contributed by atoms with Crippen LogP contribution in [0.25, 0.3) is 0 Å². The van der Waals surface area contributed by atoms with Gasteiger partial charge in [-0.3, -0.25) is 4.79 Å². The third-order valence-corrected chi connectivity index (χ3v) is 8.66. The number of amides is 1. The number of pyridine rings is 1. The maximum atomic E-state index is 15.2. The number of halogens is 2. The molecule has 1 amide bonds. The van der Waals surface area contributed by atoms with Gasteiger partial charge in [0.05, 0.1) is 18.1 Å². The maximum Gasteiger partial charge on any atom is 0.377 e. The van der Waals surface area contributed by atoms with Crippen molar-refractivity contribution in [2.45, 2.75) is 69.9 Å². The van der Waals surface area contributed by atoms with Crippen molar-refractivity contribution in [2.75, 3.05) is 56.1 Å². The Kier molecular flexibility index (Phi) is 9.51. The van der Waals surface area contributed by atoms with Crippen LogP contribution >= 0.6 is 0 Å². The number of aromatic nitrogens is 1. The van der Waals surface area contributed by atoms with E-state index in [4.69, 9.17) is 9.72 Å². The van der Waals surface area contributed by atoms with Crippen LogP contribution in [0.15, 0.2) is 36.4 Å². The molecular weight excluding hydrogens is 556 g/mol. The molecule has 43 heavy (non-hydrogen) atoms. The van der Waals surface area contributed by atoms with Crippen LogP contribution in [0.1, 0.15) is 62.4 Å². The second-order valence-corrected chi connectivity index (χ2v) is 12.6. The second kappa shape index (κ2) is 13.1. The standard InChI is InChI=1S/C32H43F2N5O4/c1-31(2)21-39(17-18-43-31)26-11-3-7-23(19-26)27(32(33,34)30(41)42)37-29(40)24-9-5-15-38(20-24)16-6-10-25-13-12-22-8-4-14-35-28(22)36-25/h3,7,11-13,19,24,27H,4-6,8-10,14-18,20-21H2,1-2H3,(H,35,36)(H,37,40)(H,41,42)/t24-,27-/m1/s1. The highest BCUT2D eigenvalue weighted by atomic mass is 19.3. The van der Waals surface area contributed by atoms with Gasteiger partial charge in [0, 0.05) is 37.6 Å². The fraction of sp³-hybridized carbons (Fsp3) is 0.594. The van der Waals surface area contributed by atoms with Gasteiger partial charge in [-0.25, -0.2) is 9.78 Å². The highest BCUT2D eigenvalue weighted by Crippen LogP contribution is 2.35. The van der Waals surface area contributed by atoms with E-state index in [2.05, 4.69) is 27.7 Å². The van der Waals surface area contributed by atoms with Crippen molar-refractivity contribution in [2.24, 2.45) is 5.92 Å². The van der Waals surface area contributed by atoms with Crippen LogP contribution in [0.2, 0.25) is 0 Å². The van der Waals surface area contributed by atoms with Gasteiger partial charge in [0.15, 0.2) is 0 Å². The summed E-state index contributed by atoms with van der Waals surface area (Å²) in [4.78, 5) is 34.1. The predicted octanol–water partition coefficient (Wildman–Crippen LogP) is 4.28. The summed E-state index contributed by atoms with van der Waals surface area (Å²) in [7, 11) is 0. The Balaban J connectivity index is 1.22. The first kappa shape index (κ1) is 31.1. The van der Waals surface area contributed by atoms with E-state index in [9.17, 15) is 14.7 Å². The summed E-state index contributed by atoms with van der Waals surface area (Å²) in [5, 5.41) is 15.2. The molecule has 3 N–H and O–H groups in total. The molecule has 0 aliphatic carbocycles. The first-order chi connectivity index (χ1) is 20.5. The molecule has 11 heteroatoms. The summed E-state index contributed by atoms with van der Waals surface area (Å²) in [6, 6.07) is 8.67. The molecule has 0 bridgehead atoms. The van der Waals surface area contributed by atoms with E-state index in [0.29, 0.717) is 38.3 Å². The fourth-order valence-electron chi connectivity index (χ4n) is 6.37. The maximum absolute atomic E-state index is 15.2. The molecule has 3 aliphatic heterocycles. The number of ether oxygens (including phenoxy) is 1. The highest BCUT2D eigenvalue weighted by molar-refractivity contribution is 5.82. The van der Waals surface area contributed by atoms with E-state index in [1.54, 1.807) is 18.2 Å². The molecule has 234 valence electrons. The number of fused-ring (bicyclic) bond motifs is 1. The average Bonchev–Trinajstić information content (AvgIpc) is 2.99. The van der Waals surface area contributed by atoms with Crippen LogP contribution in [0.5, 0.6) is 0 Å². The number of hydrogen-bond acceptors (Lipinski definition) is 7. The first-order valence-corrected chi connectivity index (χ1v) is 15.4. The average molecular weight is 600 g/mol. The lowest BCUT2D eigenvalue weighted by Gasteiger charge is -2.39. The number of morpholine rings is 1. The summed E-state index contributed by atoms with van der Waals surface area (Å²) in [5.41, 5.74) is 2.61. The molecule has 2 atom stereocenters. The van der Waals surface area contributed by atoms with E-state index in [1.807, 2.05) is 18.7 Å². The number of benzene rings is 1. The van der Waals surface area contributed by atoms with Crippen LogP contribution in [0.4, 0.5) is 20.3 Å². The lowest BCUT2D eigenvalue weighted by atomic mass is 9.94. The number of carbonyl (C=O) groups is 2. The van der Waals surface area contributed by atoms with Crippen molar-refractivity contribution >= 4 is 23.4 Å². The number of nitrogens with one attached hydrogen (secondary N) is 2. The zero-order valence-electron chi connectivity index (χ0n) is 25.1. The minimum atomic E-state index is -4.19. The van der Waals surface area contributed by atoms with Crippen LogP contribution in [0.3, 0.4) is 0 Å². The number of piperidine rings is 1. The fourth-order valence-corrected chi connectivity index (χ4v) is 6.37. The van der Waals surface area contributed by atoms with E-state index in [0.717, 1.165) is 63.3 Å². The molecule has 3 aliphatic rings. The van der Waals surface area contributed by atoms with Gasteiger partial charge < -0.3 is 30.3 Å². The molecule has 9 nitrogen and oxygen atoms in total. The molecule has 2 aromatic rings. The van der Waals surface area contributed by atoms with Crippen LogP contribution < -0.4 is 15.5 Å². The number of likely N-dealkylation sites (tertiary alicyclic amines) is 1. The van der Waals surface area contributed by atoms with Gasteiger partial charge in [-0.15, -0.1) is 0 Å². The number of carboxylic acid groups (broad SMARTS) is 1. The molecular formula is C32H43F2N5O4. The van der Waals surface area contributed by atoms with Crippen molar-refractivity contribution in [1.29, 1.82) is 0 Å². The van der Waals surface area contributed by atoms with E-state index >= 15 is 8.78 Å². The first-order valence-electron chi connectivity index (χ1n) is 15.4. The molecule has 5 rings (SSSR count). The Morgan fingerprint density at radius 1 is 1.23 bits per heavy atom. The topological polar surface area (TPSA) is 107 Å². The van der Waals surface area contributed by atoms with Gasteiger partial charge in [0.25, 0.3) is 0 Å². The van der Waals surface area contributed by atoms with Crippen molar-refractivity contribution in [3.05, 3.63) is 53.2 Å². The number of aliphatic carboxylic acids is 1. The number of aryl methyl sites for hydroxylation is 2.